The van der Waals surface area contributed by atoms with Crippen LogP contribution in [-0.2, 0) is 24.5 Å². The van der Waals surface area contributed by atoms with Crippen molar-refractivity contribution in [2.24, 2.45) is 0 Å². The molecule has 1 fully saturated rings. The van der Waals surface area contributed by atoms with Gasteiger partial charge in [0.1, 0.15) is 5.75 Å². The average Bonchev–Trinajstić information content (AvgIpc) is 3.15. The van der Waals surface area contributed by atoms with Gasteiger partial charge >= 0.3 is 5.97 Å². The summed E-state index contributed by atoms with van der Waals surface area (Å²) in [5.41, 5.74) is 2.26. The number of rotatable bonds is 14. The molecule has 1 aliphatic carbocycles. The summed E-state index contributed by atoms with van der Waals surface area (Å²) in [6, 6.07) is 24.9. The molecule has 2 N–H and O–H groups in total. The van der Waals surface area contributed by atoms with Crippen molar-refractivity contribution < 1.29 is 28.7 Å². The van der Waals surface area contributed by atoms with Gasteiger partial charge in [0.25, 0.3) is 5.91 Å². The molecule has 1 heterocycles. The van der Waals surface area contributed by atoms with Crippen LogP contribution in [0, 0.1) is 0 Å². The van der Waals surface area contributed by atoms with Crippen LogP contribution in [0.15, 0.2) is 78.9 Å². The van der Waals surface area contributed by atoms with Crippen LogP contribution in [0.1, 0.15) is 97.7 Å². The van der Waals surface area contributed by atoms with E-state index in [4.69, 9.17) is 9.47 Å². The minimum atomic E-state index is -0.922. The number of methoxy groups -OCH3 is 1. The number of nitrogens with one attached hydrogen (secondary N) is 2. The summed E-state index contributed by atoms with van der Waals surface area (Å²) in [6.07, 6.45) is 5.87. The Morgan fingerprint density at radius 1 is 0.857 bits per heavy atom. The second-order valence-electron chi connectivity index (χ2n) is 13.0. The molecule has 0 unspecified atom stereocenters. The molecule has 0 radical (unpaired) electrons. The number of unbranched alkanes of at least 4 members (excludes halogenated alkanes) is 2. The Kier molecular flexibility index (Phi) is 12.5. The molecular formula is C40H49N3O6. The maximum Gasteiger partial charge on any atom is 0.305 e. The highest BCUT2D eigenvalue weighted by atomic mass is 16.5. The first-order chi connectivity index (χ1) is 23.9. The summed E-state index contributed by atoms with van der Waals surface area (Å²) in [7, 11) is 1.55. The Balaban J connectivity index is 1.24. The number of hydrogen-bond donors (Lipinski definition) is 2. The molecule has 3 aromatic rings. The summed E-state index contributed by atoms with van der Waals surface area (Å²) < 4.78 is 10.5. The maximum absolute atomic E-state index is 14.3. The number of benzene rings is 3. The molecule has 49 heavy (non-hydrogen) atoms. The van der Waals surface area contributed by atoms with Crippen molar-refractivity contribution in [3.05, 3.63) is 101 Å². The lowest BCUT2D eigenvalue weighted by Gasteiger charge is -2.42. The smallest absolute Gasteiger partial charge is 0.305 e. The van der Waals surface area contributed by atoms with Crippen LogP contribution in [0.25, 0.3) is 0 Å². The summed E-state index contributed by atoms with van der Waals surface area (Å²) >= 11 is 0. The molecule has 0 saturated carbocycles. The fourth-order valence-corrected chi connectivity index (χ4v) is 7.26. The van der Waals surface area contributed by atoms with Crippen LogP contribution < -0.4 is 15.4 Å². The SMILES string of the molecule is CCCOC(=O)CCCCCNC(=O)[C@@]1(c2ccccc2)CC[C@H](C(=O)N2CCC(NC(=O)c3ccccc3OC)CC2)c2ccccc21. The van der Waals surface area contributed by atoms with E-state index in [2.05, 4.69) is 10.6 Å². The van der Waals surface area contributed by atoms with Crippen molar-refractivity contribution >= 4 is 23.7 Å². The number of para-hydroxylation sites is 1. The van der Waals surface area contributed by atoms with E-state index in [1.165, 1.54) is 0 Å². The molecule has 3 aromatic carbocycles. The molecule has 0 spiro atoms. The van der Waals surface area contributed by atoms with E-state index in [0.29, 0.717) is 69.7 Å². The normalized spacial score (nSPS) is 19.0. The third-order valence-corrected chi connectivity index (χ3v) is 9.86. The minimum absolute atomic E-state index is 0.0376. The average molecular weight is 668 g/mol. The van der Waals surface area contributed by atoms with Gasteiger partial charge in [-0.3, -0.25) is 19.2 Å². The van der Waals surface area contributed by atoms with Gasteiger partial charge in [0, 0.05) is 32.1 Å². The lowest BCUT2D eigenvalue weighted by atomic mass is 9.62. The molecule has 5 rings (SSSR count). The Bertz CT molecular complexity index is 1590. The second kappa shape index (κ2) is 17.1. The molecule has 1 aliphatic heterocycles. The summed E-state index contributed by atoms with van der Waals surface area (Å²) in [5.74, 6) is -0.158. The summed E-state index contributed by atoms with van der Waals surface area (Å²) in [5, 5.41) is 6.33. The number of ether oxygens (including phenoxy) is 2. The number of carbonyl (C=O) groups is 4. The van der Waals surface area contributed by atoms with Crippen LogP contribution in [0.4, 0.5) is 0 Å². The highest BCUT2D eigenvalue weighted by Gasteiger charge is 2.48. The number of piperidine rings is 1. The van der Waals surface area contributed by atoms with Crippen molar-refractivity contribution in [3.8, 4) is 5.75 Å². The third kappa shape index (κ3) is 8.32. The van der Waals surface area contributed by atoms with Gasteiger partial charge in [0.05, 0.1) is 30.6 Å². The number of likely N-dealkylation sites (tertiary alicyclic amines) is 1. The predicted octanol–water partition coefficient (Wildman–Crippen LogP) is 5.91. The van der Waals surface area contributed by atoms with Crippen LogP contribution in [-0.4, -0.2) is 68.0 Å². The largest absolute Gasteiger partial charge is 0.496 e. The van der Waals surface area contributed by atoms with E-state index in [1.807, 2.05) is 78.6 Å². The quantitative estimate of drug-likeness (QED) is 0.163. The Morgan fingerprint density at radius 3 is 2.33 bits per heavy atom. The van der Waals surface area contributed by atoms with Gasteiger partial charge in [0.2, 0.25) is 11.8 Å². The molecule has 9 nitrogen and oxygen atoms in total. The van der Waals surface area contributed by atoms with Crippen molar-refractivity contribution in [1.82, 2.24) is 15.5 Å². The van der Waals surface area contributed by atoms with E-state index in [1.54, 1.807) is 19.2 Å². The van der Waals surface area contributed by atoms with E-state index < -0.39 is 5.41 Å². The molecule has 1 saturated heterocycles. The van der Waals surface area contributed by atoms with E-state index in [0.717, 1.165) is 42.4 Å². The van der Waals surface area contributed by atoms with Gasteiger partial charge in [-0.2, -0.15) is 0 Å². The molecule has 2 atom stereocenters. The van der Waals surface area contributed by atoms with Crippen molar-refractivity contribution in [3.63, 3.8) is 0 Å². The highest BCUT2D eigenvalue weighted by molar-refractivity contribution is 5.97. The first-order valence-corrected chi connectivity index (χ1v) is 17.7. The van der Waals surface area contributed by atoms with E-state index in [9.17, 15) is 19.2 Å². The fraction of sp³-hybridized carbons (Fsp3) is 0.450. The third-order valence-electron chi connectivity index (χ3n) is 9.86. The molecule has 9 heteroatoms. The topological polar surface area (TPSA) is 114 Å². The molecular weight excluding hydrogens is 618 g/mol. The van der Waals surface area contributed by atoms with E-state index >= 15 is 0 Å². The number of hydrogen-bond acceptors (Lipinski definition) is 6. The van der Waals surface area contributed by atoms with Gasteiger partial charge in [0.15, 0.2) is 0 Å². The lowest BCUT2D eigenvalue weighted by Crippen LogP contribution is -2.51. The highest BCUT2D eigenvalue weighted by Crippen LogP contribution is 2.48. The van der Waals surface area contributed by atoms with E-state index in [-0.39, 0.29) is 35.7 Å². The maximum atomic E-state index is 14.3. The summed E-state index contributed by atoms with van der Waals surface area (Å²) in [6.45, 7) is 4.03. The second-order valence-corrected chi connectivity index (χ2v) is 13.0. The fourth-order valence-electron chi connectivity index (χ4n) is 7.26. The first-order valence-electron chi connectivity index (χ1n) is 17.7. The monoisotopic (exact) mass is 667 g/mol. The zero-order chi connectivity index (χ0) is 34.6. The Hall–Kier alpha value is -4.66. The van der Waals surface area contributed by atoms with Crippen LogP contribution in [0.3, 0.4) is 0 Å². The molecule has 3 amide bonds. The molecule has 260 valence electrons. The van der Waals surface area contributed by atoms with Gasteiger partial charge in [-0.05, 0) is 73.8 Å². The zero-order valence-electron chi connectivity index (χ0n) is 28.7. The number of carbonyl (C=O) groups excluding carboxylic acids is 4. The standard InChI is InChI=1S/C40H49N3O6/c1-3-28-49-36(44)20-8-5-13-25-41-39(47)40(29-14-6-4-7-15-29)24-21-32(31-16-9-11-18-34(31)40)38(46)43-26-22-30(23-27-43)42-37(45)33-17-10-12-19-35(33)48-2/h4,6-7,9-12,14-19,30,32H,3,5,8,13,20-28H2,1-2H3,(H,41,47)(H,42,45)/t32-,40+/m0/s1. The van der Waals surface area contributed by atoms with Crippen LogP contribution >= 0.6 is 0 Å². The number of nitrogens with zero attached hydrogens (tertiary/aromatic N) is 1. The minimum Gasteiger partial charge on any atom is -0.496 e. The number of esters is 1. The van der Waals surface area contributed by atoms with Crippen molar-refractivity contribution in [2.45, 2.75) is 82.1 Å². The Labute approximate surface area is 289 Å². The van der Waals surface area contributed by atoms with Crippen LogP contribution in [0.2, 0.25) is 0 Å². The predicted molar refractivity (Wildman–Crippen MR) is 188 cm³/mol. The van der Waals surface area contributed by atoms with Crippen molar-refractivity contribution in [1.29, 1.82) is 0 Å². The number of amides is 3. The lowest BCUT2D eigenvalue weighted by molar-refractivity contribution is -0.143. The molecule has 0 bridgehead atoms. The Morgan fingerprint density at radius 2 is 1.57 bits per heavy atom. The first kappa shape index (κ1) is 35.6. The van der Waals surface area contributed by atoms with Crippen molar-refractivity contribution in [2.75, 3.05) is 33.4 Å². The van der Waals surface area contributed by atoms with Gasteiger partial charge in [-0.15, -0.1) is 0 Å². The summed E-state index contributed by atoms with van der Waals surface area (Å²) in [4.78, 5) is 55.1. The van der Waals surface area contributed by atoms with Crippen LogP contribution in [0.5, 0.6) is 5.75 Å². The van der Waals surface area contributed by atoms with Gasteiger partial charge < -0.3 is 25.0 Å². The van der Waals surface area contributed by atoms with Gasteiger partial charge in [-0.1, -0.05) is 80.1 Å². The molecule has 2 aliphatic rings. The zero-order valence-corrected chi connectivity index (χ0v) is 28.7. The van der Waals surface area contributed by atoms with Gasteiger partial charge in [-0.25, -0.2) is 0 Å². The molecule has 0 aromatic heterocycles. The number of fused-ring (bicyclic) bond motifs is 1.